The Kier molecular flexibility index (Phi) is 4.95. The summed E-state index contributed by atoms with van der Waals surface area (Å²) in [4.78, 5) is 13.0. The van der Waals surface area contributed by atoms with Gasteiger partial charge in [-0.1, -0.05) is 20.8 Å². The maximum absolute atomic E-state index is 11.7. The summed E-state index contributed by atoms with van der Waals surface area (Å²) in [6.45, 7) is 6.81. The van der Waals surface area contributed by atoms with Gasteiger partial charge in [0.25, 0.3) is 0 Å². The monoisotopic (exact) mass is 324 g/mol. The number of anilines is 1. The molecule has 1 aliphatic carbocycles. The third-order valence-electron chi connectivity index (χ3n) is 4.18. The Labute approximate surface area is 135 Å². The van der Waals surface area contributed by atoms with E-state index in [1.165, 1.54) is 4.88 Å². The highest BCUT2D eigenvalue weighted by atomic mass is 35.5. The predicted octanol–water partition coefficient (Wildman–Crippen LogP) is 4.34. The predicted molar refractivity (Wildman–Crippen MR) is 88.0 cm³/mol. The van der Waals surface area contributed by atoms with Crippen LogP contribution in [0, 0.1) is 22.7 Å². The van der Waals surface area contributed by atoms with Crippen molar-refractivity contribution in [1.82, 2.24) is 0 Å². The average molecular weight is 325 g/mol. The summed E-state index contributed by atoms with van der Waals surface area (Å²) in [6, 6.07) is 2.27. The van der Waals surface area contributed by atoms with Gasteiger partial charge in [-0.05, 0) is 36.2 Å². The van der Waals surface area contributed by atoms with Gasteiger partial charge >= 0.3 is 0 Å². The number of carbonyl (C=O) groups is 1. The van der Waals surface area contributed by atoms with Crippen LogP contribution < -0.4 is 5.32 Å². The zero-order chi connectivity index (χ0) is 15.6. The molecule has 0 saturated heterocycles. The highest BCUT2D eigenvalue weighted by Gasteiger charge is 2.32. The molecule has 1 aliphatic rings. The van der Waals surface area contributed by atoms with E-state index in [1.54, 1.807) is 11.3 Å². The van der Waals surface area contributed by atoms with Crippen LogP contribution in [0.3, 0.4) is 0 Å². The lowest BCUT2D eigenvalue weighted by Crippen LogP contribution is -2.26. The zero-order valence-electron chi connectivity index (χ0n) is 12.8. The smallest absolute Gasteiger partial charge is 0.226 e. The highest BCUT2D eigenvalue weighted by molar-refractivity contribution is 7.16. The maximum atomic E-state index is 11.7. The van der Waals surface area contributed by atoms with Crippen LogP contribution in [0.4, 0.5) is 5.00 Å². The van der Waals surface area contributed by atoms with Crippen LogP contribution in [-0.4, -0.2) is 11.8 Å². The first-order valence-electron chi connectivity index (χ1n) is 7.27. The minimum absolute atomic E-state index is 0.118. The third-order valence-corrected chi connectivity index (χ3v) is 5.54. The molecule has 1 aromatic heterocycles. The number of carbonyl (C=O) groups excluding carboxylic acids is 1. The number of thiophene rings is 1. The van der Waals surface area contributed by atoms with Crippen molar-refractivity contribution in [3.8, 4) is 6.07 Å². The quantitative estimate of drug-likeness (QED) is 0.841. The fourth-order valence-electron chi connectivity index (χ4n) is 2.81. The van der Waals surface area contributed by atoms with E-state index < -0.39 is 0 Å². The number of halogens is 1. The largest absolute Gasteiger partial charge is 0.317 e. The molecule has 114 valence electrons. The lowest BCUT2D eigenvalue weighted by molar-refractivity contribution is -0.115. The molecule has 1 heterocycles. The van der Waals surface area contributed by atoms with Gasteiger partial charge in [-0.15, -0.1) is 22.9 Å². The van der Waals surface area contributed by atoms with E-state index in [2.05, 4.69) is 32.2 Å². The normalized spacial score (nSPS) is 18.0. The summed E-state index contributed by atoms with van der Waals surface area (Å²) in [5, 5.41) is 13.0. The van der Waals surface area contributed by atoms with Crippen LogP contribution in [-0.2, 0) is 17.6 Å². The second-order valence-corrected chi connectivity index (χ2v) is 8.10. The molecule has 2 rings (SSSR count). The molecule has 0 spiro atoms. The number of nitriles is 1. The molecule has 0 saturated carbocycles. The standard InChI is InChI=1S/C16H21ClN2OS/c1-16(2,3)10-4-5-11-12(9-18)15(21-13(11)8-10)19-14(20)6-7-17/h10H,4-8H2,1-3H3,(H,19,20)/t10-/m0/s1. The van der Waals surface area contributed by atoms with Crippen molar-refractivity contribution in [2.75, 3.05) is 11.2 Å². The molecule has 0 unspecified atom stereocenters. The van der Waals surface area contributed by atoms with Crippen LogP contribution in [0.5, 0.6) is 0 Å². The van der Waals surface area contributed by atoms with E-state index >= 15 is 0 Å². The Morgan fingerprint density at radius 2 is 2.24 bits per heavy atom. The van der Waals surface area contributed by atoms with Crippen molar-refractivity contribution in [2.45, 2.75) is 46.5 Å². The zero-order valence-corrected chi connectivity index (χ0v) is 14.3. The molecule has 1 amide bonds. The van der Waals surface area contributed by atoms with Gasteiger partial charge in [0, 0.05) is 17.2 Å². The van der Waals surface area contributed by atoms with E-state index in [4.69, 9.17) is 11.6 Å². The van der Waals surface area contributed by atoms with Gasteiger partial charge in [-0.25, -0.2) is 0 Å². The molecule has 1 atom stereocenters. The van der Waals surface area contributed by atoms with Crippen molar-refractivity contribution in [3.63, 3.8) is 0 Å². The van der Waals surface area contributed by atoms with Gasteiger partial charge in [0.05, 0.1) is 5.56 Å². The first-order valence-corrected chi connectivity index (χ1v) is 8.62. The summed E-state index contributed by atoms with van der Waals surface area (Å²) in [6.07, 6.45) is 3.32. The van der Waals surface area contributed by atoms with Crippen molar-refractivity contribution in [2.24, 2.45) is 11.3 Å². The maximum Gasteiger partial charge on any atom is 0.226 e. The molecular formula is C16H21ClN2OS. The van der Waals surface area contributed by atoms with Gasteiger partial charge < -0.3 is 5.32 Å². The van der Waals surface area contributed by atoms with Gasteiger partial charge in [0.1, 0.15) is 11.1 Å². The molecule has 21 heavy (non-hydrogen) atoms. The Hall–Kier alpha value is -1.05. The molecule has 1 aromatic rings. The van der Waals surface area contributed by atoms with Crippen molar-refractivity contribution < 1.29 is 4.79 Å². The number of nitrogens with zero attached hydrogens (tertiary/aromatic N) is 1. The van der Waals surface area contributed by atoms with Crippen molar-refractivity contribution in [3.05, 3.63) is 16.0 Å². The number of fused-ring (bicyclic) bond motifs is 1. The third kappa shape index (κ3) is 3.59. The topological polar surface area (TPSA) is 52.9 Å². The molecule has 0 aromatic carbocycles. The minimum Gasteiger partial charge on any atom is -0.317 e. The second-order valence-electron chi connectivity index (χ2n) is 6.61. The van der Waals surface area contributed by atoms with Crippen LogP contribution in [0.1, 0.15) is 49.6 Å². The lowest BCUT2D eigenvalue weighted by Gasteiger charge is -2.33. The van der Waals surface area contributed by atoms with Gasteiger partial charge in [-0.3, -0.25) is 4.79 Å². The summed E-state index contributed by atoms with van der Waals surface area (Å²) in [5.74, 6) is 0.805. The van der Waals surface area contributed by atoms with E-state index in [-0.39, 0.29) is 17.7 Å². The molecule has 0 bridgehead atoms. The first kappa shape index (κ1) is 16.3. The van der Waals surface area contributed by atoms with Gasteiger partial charge in [0.2, 0.25) is 5.91 Å². The molecule has 0 aliphatic heterocycles. The Bertz CT molecular complexity index is 580. The number of amides is 1. The van der Waals surface area contributed by atoms with Crippen LogP contribution >= 0.6 is 22.9 Å². The minimum atomic E-state index is -0.118. The number of nitrogens with one attached hydrogen (secondary N) is 1. The molecule has 0 fully saturated rings. The highest BCUT2D eigenvalue weighted by Crippen LogP contribution is 2.43. The van der Waals surface area contributed by atoms with Gasteiger partial charge in [0.15, 0.2) is 0 Å². The molecule has 3 nitrogen and oxygen atoms in total. The Morgan fingerprint density at radius 3 is 2.81 bits per heavy atom. The van der Waals surface area contributed by atoms with Crippen molar-refractivity contribution in [1.29, 1.82) is 5.26 Å². The molecule has 1 N–H and O–H groups in total. The van der Waals surface area contributed by atoms with Crippen molar-refractivity contribution >= 4 is 33.8 Å². The number of alkyl halides is 1. The second kappa shape index (κ2) is 6.37. The number of hydrogen-bond acceptors (Lipinski definition) is 3. The average Bonchev–Trinajstić information content (AvgIpc) is 2.73. The molecule has 0 radical (unpaired) electrons. The molecule has 5 heteroatoms. The van der Waals surface area contributed by atoms with Crippen LogP contribution in [0.2, 0.25) is 0 Å². The van der Waals surface area contributed by atoms with Crippen LogP contribution in [0.15, 0.2) is 0 Å². The summed E-state index contributed by atoms with van der Waals surface area (Å²) in [7, 11) is 0. The van der Waals surface area contributed by atoms with Gasteiger partial charge in [-0.2, -0.15) is 5.26 Å². The Morgan fingerprint density at radius 1 is 1.52 bits per heavy atom. The van der Waals surface area contributed by atoms with Crippen LogP contribution in [0.25, 0.3) is 0 Å². The lowest BCUT2D eigenvalue weighted by atomic mass is 9.72. The van der Waals surface area contributed by atoms with E-state index in [1.807, 2.05) is 0 Å². The number of hydrogen-bond donors (Lipinski definition) is 1. The van der Waals surface area contributed by atoms with E-state index in [0.29, 0.717) is 22.4 Å². The Balaban J connectivity index is 2.26. The fraction of sp³-hybridized carbons (Fsp3) is 0.625. The fourth-order valence-corrected chi connectivity index (χ4v) is 4.27. The van der Waals surface area contributed by atoms with E-state index in [0.717, 1.165) is 24.8 Å². The first-order chi connectivity index (χ1) is 9.86. The SMILES string of the molecule is CC(C)(C)[C@H]1CCc2c(sc(NC(=O)CCCl)c2C#N)C1. The summed E-state index contributed by atoms with van der Waals surface area (Å²) in [5.41, 5.74) is 2.07. The summed E-state index contributed by atoms with van der Waals surface area (Å²) >= 11 is 7.15. The van der Waals surface area contributed by atoms with E-state index in [9.17, 15) is 10.1 Å². The summed E-state index contributed by atoms with van der Waals surface area (Å²) < 4.78 is 0. The number of rotatable bonds is 3. The molecular weight excluding hydrogens is 304 g/mol.